The van der Waals surface area contributed by atoms with E-state index >= 15 is 0 Å². The molecule has 0 saturated carbocycles. The number of carbonyl (C=O) groups is 2. The Labute approximate surface area is 110 Å². The minimum absolute atomic E-state index is 0.0414. The highest BCUT2D eigenvalue weighted by atomic mass is 32.1. The molecule has 4 nitrogen and oxygen atoms in total. The summed E-state index contributed by atoms with van der Waals surface area (Å²) in [5, 5.41) is 8.86. The molecule has 0 atom stereocenters. The lowest BCUT2D eigenvalue weighted by Crippen LogP contribution is -2.43. The number of rotatable bonds is 2. The number of carboxylic acids is 1. The molecule has 1 amide bonds. The Bertz CT molecular complexity index is 478. The summed E-state index contributed by atoms with van der Waals surface area (Å²) in [6, 6.07) is 3.10. The molecule has 0 spiro atoms. The van der Waals surface area contributed by atoms with Crippen molar-refractivity contribution in [1.82, 2.24) is 4.90 Å². The Morgan fingerprint density at radius 1 is 1.33 bits per heavy atom. The van der Waals surface area contributed by atoms with E-state index in [4.69, 9.17) is 5.11 Å². The van der Waals surface area contributed by atoms with Crippen LogP contribution in [-0.2, 0) is 0 Å². The number of hydrogen-bond acceptors (Lipinski definition) is 3. The second-order valence-electron chi connectivity index (χ2n) is 5.46. The molecule has 1 aliphatic rings. The highest BCUT2D eigenvalue weighted by Crippen LogP contribution is 2.30. The van der Waals surface area contributed by atoms with E-state index in [0.717, 1.165) is 37.3 Å². The van der Waals surface area contributed by atoms with Crippen molar-refractivity contribution in [2.75, 3.05) is 13.1 Å². The van der Waals surface area contributed by atoms with Crippen molar-refractivity contribution in [2.24, 2.45) is 5.41 Å². The van der Waals surface area contributed by atoms with Crippen molar-refractivity contribution in [3.63, 3.8) is 0 Å². The van der Waals surface area contributed by atoms with Gasteiger partial charge >= 0.3 is 5.97 Å². The average molecular weight is 267 g/mol. The number of aromatic carboxylic acids is 1. The number of nitrogens with zero attached hydrogens (tertiary/aromatic N) is 1. The maximum Gasteiger partial charge on any atom is 0.345 e. The zero-order valence-electron chi connectivity index (χ0n) is 10.6. The highest BCUT2D eigenvalue weighted by Gasteiger charge is 2.30. The summed E-state index contributed by atoms with van der Waals surface area (Å²) in [5.41, 5.74) is 0.154. The quantitative estimate of drug-likeness (QED) is 0.896. The van der Waals surface area contributed by atoms with Gasteiger partial charge in [-0.3, -0.25) is 4.79 Å². The Morgan fingerprint density at radius 3 is 2.56 bits per heavy atom. The van der Waals surface area contributed by atoms with Crippen LogP contribution in [-0.4, -0.2) is 35.0 Å². The van der Waals surface area contributed by atoms with Gasteiger partial charge in [0.1, 0.15) is 4.88 Å². The molecule has 0 bridgehead atoms. The van der Waals surface area contributed by atoms with Gasteiger partial charge in [-0.15, -0.1) is 11.3 Å². The summed E-state index contributed by atoms with van der Waals surface area (Å²) < 4.78 is 0. The van der Waals surface area contributed by atoms with Crippen molar-refractivity contribution in [2.45, 2.75) is 26.7 Å². The van der Waals surface area contributed by atoms with Crippen LogP contribution in [0.4, 0.5) is 0 Å². The fraction of sp³-hybridized carbons (Fsp3) is 0.538. The minimum Gasteiger partial charge on any atom is -0.477 e. The lowest BCUT2D eigenvalue weighted by Gasteiger charge is -2.37. The van der Waals surface area contributed by atoms with Gasteiger partial charge in [-0.05, 0) is 30.4 Å². The Hall–Kier alpha value is -1.36. The number of carbonyl (C=O) groups excluding carboxylic acids is 1. The van der Waals surface area contributed by atoms with Crippen molar-refractivity contribution in [3.8, 4) is 0 Å². The van der Waals surface area contributed by atoms with Crippen LogP contribution in [0.3, 0.4) is 0 Å². The maximum absolute atomic E-state index is 12.3. The van der Waals surface area contributed by atoms with Gasteiger partial charge in [0.2, 0.25) is 0 Å². The van der Waals surface area contributed by atoms with Gasteiger partial charge in [0.25, 0.3) is 5.91 Å². The average Bonchev–Trinajstić information content (AvgIpc) is 2.76. The predicted molar refractivity (Wildman–Crippen MR) is 70.2 cm³/mol. The van der Waals surface area contributed by atoms with Crippen LogP contribution < -0.4 is 0 Å². The standard InChI is InChI=1S/C13H17NO3S/c1-13(2)6-3-7-14(8-13)11(15)9-4-5-10(18-9)12(16)17/h4-5H,3,6-8H2,1-2H3,(H,16,17). The number of thiophene rings is 1. The Kier molecular flexibility index (Phi) is 3.43. The highest BCUT2D eigenvalue weighted by molar-refractivity contribution is 7.15. The zero-order valence-corrected chi connectivity index (χ0v) is 11.4. The minimum atomic E-state index is -0.974. The maximum atomic E-state index is 12.3. The van der Waals surface area contributed by atoms with E-state index in [1.807, 2.05) is 4.90 Å². The third-order valence-electron chi connectivity index (χ3n) is 3.22. The SMILES string of the molecule is CC1(C)CCCN(C(=O)c2ccc(C(=O)O)s2)C1. The third kappa shape index (κ3) is 2.72. The smallest absolute Gasteiger partial charge is 0.345 e. The summed E-state index contributed by atoms with van der Waals surface area (Å²) in [6.07, 6.45) is 2.14. The molecule has 0 unspecified atom stereocenters. The summed E-state index contributed by atoms with van der Waals surface area (Å²) in [7, 11) is 0. The van der Waals surface area contributed by atoms with E-state index in [9.17, 15) is 9.59 Å². The van der Waals surface area contributed by atoms with Crippen LogP contribution in [0.5, 0.6) is 0 Å². The van der Waals surface area contributed by atoms with E-state index in [2.05, 4.69) is 13.8 Å². The molecule has 1 saturated heterocycles. The first-order chi connectivity index (χ1) is 8.39. The van der Waals surface area contributed by atoms with Crippen LogP contribution in [0.25, 0.3) is 0 Å². The van der Waals surface area contributed by atoms with Crippen LogP contribution in [0.15, 0.2) is 12.1 Å². The molecular weight excluding hydrogens is 250 g/mol. The van der Waals surface area contributed by atoms with E-state index in [-0.39, 0.29) is 16.2 Å². The molecule has 2 heterocycles. The molecule has 1 aromatic heterocycles. The predicted octanol–water partition coefficient (Wildman–Crippen LogP) is 2.71. The van der Waals surface area contributed by atoms with E-state index in [1.165, 1.54) is 6.07 Å². The van der Waals surface area contributed by atoms with Crippen LogP contribution in [0.2, 0.25) is 0 Å². The first-order valence-corrected chi connectivity index (χ1v) is 6.83. The molecular formula is C13H17NO3S. The van der Waals surface area contributed by atoms with Gasteiger partial charge in [0.05, 0.1) is 4.88 Å². The van der Waals surface area contributed by atoms with Gasteiger partial charge in [-0.1, -0.05) is 13.8 Å². The largest absolute Gasteiger partial charge is 0.477 e. The summed E-state index contributed by atoms with van der Waals surface area (Å²) in [4.78, 5) is 25.6. The normalized spacial score (nSPS) is 18.7. The van der Waals surface area contributed by atoms with E-state index in [1.54, 1.807) is 6.07 Å². The summed E-state index contributed by atoms with van der Waals surface area (Å²) >= 11 is 1.05. The summed E-state index contributed by atoms with van der Waals surface area (Å²) in [6.45, 7) is 5.82. The topological polar surface area (TPSA) is 57.6 Å². The van der Waals surface area contributed by atoms with Crippen molar-refractivity contribution >= 4 is 23.2 Å². The lowest BCUT2D eigenvalue weighted by molar-refractivity contribution is 0.0588. The molecule has 1 aliphatic heterocycles. The van der Waals surface area contributed by atoms with Crippen molar-refractivity contribution < 1.29 is 14.7 Å². The van der Waals surface area contributed by atoms with E-state index < -0.39 is 5.97 Å². The Morgan fingerprint density at radius 2 is 2.00 bits per heavy atom. The molecule has 1 N–H and O–H groups in total. The van der Waals surface area contributed by atoms with Gasteiger partial charge in [0.15, 0.2) is 0 Å². The molecule has 0 aliphatic carbocycles. The fourth-order valence-electron chi connectivity index (χ4n) is 2.32. The molecule has 98 valence electrons. The lowest BCUT2D eigenvalue weighted by atomic mass is 9.84. The molecule has 2 rings (SSSR count). The van der Waals surface area contributed by atoms with Crippen LogP contribution in [0, 0.1) is 5.41 Å². The molecule has 0 radical (unpaired) electrons. The third-order valence-corrected chi connectivity index (χ3v) is 4.28. The van der Waals surface area contributed by atoms with Gasteiger partial charge in [-0.25, -0.2) is 4.79 Å². The van der Waals surface area contributed by atoms with Crippen LogP contribution >= 0.6 is 11.3 Å². The molecule has 18 heavy (non-hydrogen) atoms. The monoisotopic (exact) mass is 267 g/mol. The van der Waals surface area contributed by atoms with Crippen molar-refractivity contribution in [3.05, 3.63) is 21.9 Å². The van der Waals surface area contributed by atoms with Crippen molar-refractivity contribution in [1.29, 1.82) is 0 Å². The first-order valence-electron chi connectivity index (χ1n) is 6.01. The number of piperidine rings is 1. The van der Waals surface area contributed by atoms with Crippen LogP contribution in [0.1, 0.15) is 46.0 Å². The second kappa shape index (κ2) is 4.72. The Balaban J connectivity index is 2.13. The molecule has 0 aromatic carbocycles. The first kappa shape index (κ1) is 13.1. The number of carboxylic acid groups (broad SMARTS) is 1. The number of hydrogen-bond donors (Lipinski definition) is 1. The number of likely N-dealkylation sites (tertiary alicyclic amines) is 1. The fourth-order valence-corrected chi connectivity index (χ4v) is 3.13. The van der Waals surface area contributed by atoms with Gasteiger partial charge in [-0.2, -0.15) is 0 Å². The van der Waals surface area contributed by atoms with E-state index in [0.29, 0.717) is 4.88 Å². The van der Waals surface area contributed by atoms with Gasteiger partial charge in [0, 0.05) is 13.1 Å². The second-order valence-corrected chi connectivity index (χ2v) is 6.55. The molecule has 1 fully saturated rings. The molecule has 5 heteroatoms. The zero-order chi connectivity index (χ0) is 13.3. The molecule has 1 aromatic rings. The summed E-state index contributed by atoms with van der Waals surface area (Å²) in [5.74, 6) is -1.02. The number of amides is 1. The van der Waals surface area contributed by atoms with Gasteiger partial charge < -0.3 is 10.0 Å².